The monoisotopic (exact) mass is 701 g/mol. The number of non-ortho nitro benzene ring substituents is 1. The van der Waals surface area contributed by atoms with Crippen LogP contribution in [0.5, 0.6) is 5.75 Å². The van der Waals surface area contributed by atoms with E-state index in [1.54, 1.807) is 18.2 Å². The van der Waals surface area contributed by atoms with Crippen molar-refractivity contribution >= 4 is 85.5 Å². The predicted molar refractivity (Wildman–Crippen MR) is 147 cm³/mol. The minimum atomic E-state index is -0.440. The van der Waals surface area contributed by atoms with Gasteiger partial charge in [-0.25, -0.2) is 9.38 Å². The van der Waals surface area contributed by atoms with Crippen molar-refractivity contribution in [2.75, 3.05) is 0 Å². The molecule has 3 aromatic rings. The van der Waals surface area contributed by atoms with Gasteiger partial charge >= 0.3 is 0 Å². The number of thioether (sulfide) groups is 1. The van der Waals surface area contributed by atoms with Crippen LogP contribution in [0.15, 0.2) is 70.6 Å². The lowest BCUT2D eigenvalue weighted by Gasteiger charge is -2.11. The molecule has 0 atom stereocenters. The summed E-state index contributed by atoms with van der Waals surface area (Å²) in [5, 5.41) is 13.9. The minimum Gasteiger partial charge on any atom is -0.487 e. The summed E-state index contributed by atoms with van der Waals surface area (Å²) in [7, 11) is 0. The van der Waals surface area contributed by atoms with Crippen molar-refractivity contribution in [1.82, 2.24) is 5.32 Å². The van der Waals surface area contributed by atoms with Gasteiger partial charge in [0.05, 0.1) is 22.7 Å². The molecule has 4 rings (SSSR count). The highest BCUT2D eigenvalue weighted by Gasteiger charge is 2.24. The number of amides is 1. The second kappa shape index (κ2) is 10.8. The summed E-state index contributed by atoms with van der Waals surface area (Å²) in [6.45, 7) is 0.270. The number of hydrogen-bond donors (Lipinski definition) is 1. The van der Waals surface area contributed by atoms with E-state index in [-0.39, 0.29) is 24.0 Å². The zero-order valence-electron chi connectivity index (χ0n) is 17.1. The zero-order chi connectivity index (χ0) is 24.2. The fourth-order valence-corrected chi connectivity index (χ4v) is 5.90. The molecule has 1 aliphatic heterocycles. The number of benzene rings is 3. The summed E-state index contributed by atoms with van der Waals surface area (Å²) < 4.78 is 20.8. The van der Waals surface area contributed by atoms with Crippen LogP contribution in [-0.4, -0.2) is 16.0 Å². The van der Waals surface area contributed by atoms with Gasteiger partial charge in [-0.2, -0.15) is 0 Å². The van der Waals surface area contributed by atoms with Gasteiger partial charge in [0.2, 0.25) is 0 Å². The zero-order valence-corrected chi connectivity index (χ0v) is 22.3. The number of ether oxygens (including phenoxy) is 1. The summed E-state index contributed by atoms with van der Waals surface area (Å²) in [6.07, 6.45) is 1.78. The molecule has 172 valence electrons. The molecule has 0 radical (unpaired) electrons. The van der Waals surface area contributed by atoms with Crippen LogP contribution in [0.3, 0.4) is 0 Å². The van der Waals surface area contributed by atoms with Crippen LogP contribution in [0, 0.1) is 23.1 Å². The van der Waals surface area contributed by atoms with E-state index in [0.717, 1.165) is 18.3 Å². The largest absolute Gasteiger partial charge is 0.487 e. The third kappa shape index (κ3) is 6.13. The Bertz CT molecular complexity index is 1310. The number of halogens is 3. The molecule has 0 bridgehead atoms. The van der Waals surface area contributed by atoms with Gasteiger partial charge in [0.15, 0.2) is 5.17 Å². The van der Waals surface area contributed by atoms with Gasteiger partial charge in [0.1, 0.15) is 18.2 Å². The van der Waals surface area contributed by atoms with Crippen molar-refractivity contribution in [2.45, 2.75) is 6.61 Å². The standard InChI is InChI=1S/C23H14FI2N3O4S/c24-15-3-5-16(6-4-15)27-23-28-22(30)20(34-23)11-14-9-18(25)21(19(26)10-14)33-12-13-1-7-17(8-2-13)29(31)32/h1-11H,12H2,(H,27,28,30)/b20-11+. The molecule has 11 heteroatoms. The van der Waals surface area contributed by atoms with Crippen molar-refractivity contribution in [2.24, 2.45) is 4.99 Å². The van der Waals surface area contributed by atoms with Gasteiger partial charge in [0.25, 0.3) is 11.6 Å². The van der Waals surface area contributed by atoms with E-state index in [4.69, 9.17) is 4.74 Å². The second-order valence-electron chi connectivity index (χ2n) is 6.98. The molecule has 3 aromatic carbocycles. The Balaban J connectivity index is 1.47. The SMILES string of the molecule is O=C1NC(=Nc2ccc(F)cc2)S/C1=C/c1cc(I)c(OCc2ccc([N+](=O)[O-])cc2)c(I)c1. The Hall–Kier alpha value is -2.52. The quantitative estimate of drug-likeness (QED) is 0.139. The molecule has 7 nitrogen and oxygen atoms in total. The number of nitrogens with zero attached hydrogens (tertiary/aromatic N) is 2. The molecule has 0 spiro atoms. The first-order valence-corrected chi connectivity index (χ1v) is 12.7. The molecular formula is C23H14FI2N3O4S. The molecule has 1 N–H and O–H groups in total. The normalized spacial score (nSPS) is 15.6. The fraction of sp³-hybridized carbons (Fsp3) is 0.0435. The average molecular weight is 701 g/mol. The summed E-state index contributed by atoms with van der Waals surface area (Å²) >= 11 is 5.56. The van der Waals surface area contributed by atoms with Gasteiger partial charge < -0.3 is 10.1 Å². The summed E-state index contributed by atoms with van der Waals surface area (Å²) in [6, 6.07) is 15.7. The number of carbonyl (C=O) groups excluding carboxylic acids is 1. The summed E-state index contributed by atoms with van der Waals surface area (Å²) in [4.78, 5) is 27.6. The van der Waals surface area contributed by atoms with Gasteiger partial charge in [-0.05, 0) is 123 Å². The molecule has 1 aliphatic rings. The van der Waals surface area contributed by atoms with E-state index in [1.807, 2.05) is 12.1 Å². The number of aliphatic imine (C=N–C) groups is 1. The molecule has 1 fully saturated rings. The molecule has 1 saturated heterocycles. The first-order chi connectivity index (χ1) is 16.3. The van der Waals surface area contributed by atoms with E-state index >= 15 is 0 Å². The Morgan fingerprint density at radius 3 is 2.35 bits per heavy atom. The molecule has 0 saturated carbocycles. The van der Waals surface area contributed by atoms with E-state index < -0.39 is 4.92 Å². The maximum absolute atomic E-state index is 13.1. The van der Waals surface area contributed by atoms with E-state index in [1.165, 1.54) is 48.2 Å². The Morgan fingerprint density at radius 2 is 1.74 bits per heavy atom. The Kier molecular flexibility index (Phi) is 7.83. The molecule has 34 heavy (non-hydrogen) atoms. The van der Waals surface area contributed by atoms with Crippen molar-refractivity contribution in [3.05, 3.63) is 99.8 Å². The van der Waals surface area contributed by atoms with Gasteiger partial charge in [-0.3, -0.25) is 14.9 Å². The number of carbonyl (C=O) groups is 1. The van der Waals surface area contributed by atoms with Gasteiger partial charge in [-0.1, -0.05) is 0 Å². The smallest absolute Gasteiger partial charge is 0.269 e. The van der Waals surface area contributed by atoms with Gasteiger partial charge in [0, 0.05) is 12.1 Å². The predicted octanol–water partition coefficient (Wildman–Crippen LogP) is 6.41. The van der Waals surface area contributed by atoms with Crippen LogP contribution in [0.2, 0.25) is 0 Å². The first-order valence-electron chi connectivity index (χ1n) is 9.69. The van der Waals surface area contributed by atoms with E-state index in [0.29, 0.717) is 21.5 Å². The number of hydrogen-bond acceptors (Lipinski definition) is 6. The Labute approximate surface area is 225 Å². The molecule has 0 aliphatic carbocycles. The molecular weight excluding hydrogens is 687 g/mol. The number of nitro benzene ring substituents is 1. The second-order valence-corrected chi connectivity index (χ2v) is 10.3. The van der Waals surface area contributed by atoms with Crippen molar-refractivity contribution in [3.8, 4) is 5.75 Å². The highest BCUT2D eigenvalue weighted by atomic mass is 127. The number of nitrogens with one attached hydrogen (secondary N) is 1. The van der Waals surface area contributed by atoms with Crippen LogP contribution in [0.4, 0.5) is 15.8 Å². The highest BCUT2D eigenvalue weighted by molar-refractivity contribution is 14.1. The van der Waals surface area contributed by atoms with Crippen LogP contribution in [0.25, 0.3) is 6.08 Å². The maximum Gasteiger partial charge on any atom is 0.269 e. The van der Waals surface area contributed by atoms with Crippen molar-refractivity contribution in [1.29, 1.82) is 0 Å². The first kappa shape index (κ1) is 24.6. The highest BCUT2D eigenvalue weighted by Crippen LogP contribution is 2.33. The van der Waals surface area contributed by atoms with Gasteiger partial charge in [-0.15, -0.1) is 0 Å². The van der Waals surface area contributed by atoms with E-state index in [9.17, 15) is 19.3 Å². The summed E-state index contributed by atoms with van der Waals surface area (Å²) in [5.74, 6) is 0.0928. The van der Waals surface area contributed by atoms with Crippen LogP contribution < -0.4 is 10.1 Å². The lowest BCUT2D eigenvalue weighted by molar-refractivity contribution is -0.384. The van der Waals surface area contributed by atoms with Crippen LogP contribution in [-0.2, 0) is 11.4 Å². The fourth-order valence-electron chi connectivity index (χ4n) is 2.93. The average Bonchev–Trinajstić information content (AvgIpc) is 3.13. The minimum absolute atomic E-state index is 0.0324. The lowest BCUT2D eigenvalue weighted by Crippen LogP contribution is -2.19. The van der Waals surface area contributed by atoms with Crippen molar-refractivity contribution in [3.63, 3.8) is 0 Å². The van der Waals surface area contributed by atoms with Crippen LogP contribution in [0.1, 0.15) is 11.1 Å². The number of amidine groups is 1. The third-order valence-electron chi connectivity index (χ3n) is 4.56. The van der Waals surface area contributed by atoms with Crippen molar-refractivity contribution < 1.29 is 18.8 Å². The van der Waals surface area contributed by atoms with Crippen LogP contribution >= 0.6 is 56.9 Å². The lowest BCUT2D eigenvalue weighted by atomic mass is 10.2. The third-order valence-corrected chi connectivity index (χ3v) is 7.07. The Morgan fingerprint density at radius 1 is 1.09 bits per heavy atom. The number of rotatable bonds is 6. The topological polar surface area (TPSA) is 93.8 Å². The molecule has 1 amide bonds. The molecule has 1 heterocycles. The summed E-state index contributed by atoms with van der Waals surface area (Å²) in [5.41, 5.74) is 2.22. The van der Waals surface area contributed by atoms with E-state index in [2.05, 4.69) is 55.5 Å². The number of nitro groups is 1. The molecule has 0 aromatic heterocycles. The molecule has 0 unspecified atom stereocenters. The maximum atomic E-state index is 13.1.